The third-order valence-corrected chi connectivity index (χ3v) is 4.12. The second-order valence-electron chi connectivity index (χ2n) is 6.02. The van der Waals surface area contributed by atoms with Crippen LogP contribution in [0.2, 0.25) is 0 Å². The maximum atomic E-state index is 13.9. The Bertz CT molecular complexity index is 745. The average molecular weight is 337 g/mol. The molecule has 0 spiro atoms. The van der Waals surface area contributed by atoms with E-state index >= 15 is 0 Å². The molecular formula is C17H21F2N3O2. The molecule has 1 amide bonds. The number of nitrogens with zero attached hydrogens (tertiary/aromatic N) is 2. The highest BCUT2D eigenvalue weighted by molar-refractivity contribution is 5.93. The van der Waals surface area contributed by atoms with Gasteiger partial charge < -0.3 is 10.4 Å². The Kier molecular flexibility index (Phi) is 5.33. The SMILES string of the molecule is CCC(C)(CCO)NC(=O)c1cc(C)n(-c2ccc(F)cc2F)n1. The summed E-state index contributed by atoms with van der Waals surface area (Å²) in [4.78, 5) is 12.4. The average Bonchev–Trinajstić information content (AvgIpc) is 2.89. The van der Waals surface area contributed by atoms with Crippen molar-refractivity contribution >= 4 is 5.91 Å². The molecule has 2 aromatic rings. The fraction of sp³-hybridized carbons (Fsp3) is 0.412. The second kappa shape index (κ2) is 7.09. The molecule has 7 heteroatoms. The maximum Gasteiger partial charge on any atom is 0.272 e. The van der Waals surface area contributed by atoms with Crippen LogP contribution < -0.4 is 5.32 Å². The summed E-state index contributed by atoms with van der Waals surface area (Å²) < 4.78 is 28.2. The molecule has 0 aliphatic heterocycles. The number of hydrogen-bond acceptors (Lipinski definition) is 3. The van der Waals surface area contributed by atoms with Crippen molar-refractivity contribution in [3.63, 3.8) is 0 Å². The van der Waals surface area contributed by atoms with E-state index in [1.165, 1.54) is 16.8 Å². The lowest BCUT2D eigenvalue weighted by Gasteiger charge is -2.28. The molecule has 0 aliphatic rings. The summed E-state index contributed by atoms with van der Waals surface area (Å²) >= 11 is 0. The molecule has 2 N–H and O–H groups in total. The highest BCUT2D eigenvalue weighted by Crippen LogP contribution is 2.19. The van der Waals surface area contributed by atoms with Crippen LogP contribution in [-0.4, -0.2) is 32.9 Å². The highest BCUT2D eigenvalue weighted by Gasteiger charge is 2.26. The molecule has 0 saturated carbocycles. The lowest BCUT2D eigenvalue weighted by Crippen LogP contribution is -2.46. The number of hydrogen-bond donors (Lipinski definition) is 2. The van der Waals surface area contributed by atoms with Gasteiger partial charge in [-0.05, 0) is 44.9 Å². The van der Waals surface area contributed by atoms with E-state index in [2.05, 4.69) is 10.4 Å². The number of amides is 1. The molecule has 0 saturated heterocycles. The van der Waals surface area contributed by atoms with Crippen molar-refractivity contribution in [2.75, 3.05) is 6.61 Å². The minimum Gasteiger partial charge on any atom is -0.396 e. The molecule has 0 bridgehead atoms. The van der Waals surface area contributed by atoms with E-state index in [0.29, 0.717) is 18.5 Å². The Morgan fingerprint density at radius 1 is 1.38 bits per heavy atom. The third kappa shape index (κ3) is 3.79. The first-order valence-corrected chi connectivity index (χ1v) is 7.75. The van der Waals surface area contributed by atoms with Gasteiger partial charge in [0.1, 0.15) is 11.5 Å². The molecule has 1 atom stereocenters. The first kappa shape index (κ1) is 18.1. The molecule has 5 nitrogen and oxygen atoms in total. The lowest BCUT2D eigenvalue weighted by atomic mass is 9.95. The van der Waals surface area contributed by atoms with Crippen LogP contribution in [0, 0.1) is 18.6 Å². The largest absolute Gasteiger partial charge is 0.396 e. The summed E-state index contributed by atoms with van der Waals surface area (Å²) in [5.74, 6) is -1.84. The van der Waals surface area contributed by atoms with Crippen LogP contribution in [0.25, 0.3) is 5.69 Å². The van der Waals surface area contributed by atoms with Crippen molar-refractivity contribution in [2.45, 2.75) is 39.2 Å². The number of aromatic nitrogens is 2. The molecule has 1 heterocycles. The Labute approximate surface area is 139 Å². The van der Waals surface area contributed by atoms with E-state index in [4.69, 9.17) is 5.11 Å². The van der Waals surface area contributed by atoms with Gasteiger partial charge in [-0.25, -0.2) is 13.5 Å². The molecule has 1 aromatic carbocycles. The summed E-state index contributed by atoms with van der Waals surface area (Å²) in [5.41, 5.74) is 0.200. The number of nitrogens with one attached hydrogen (secondary N) is 1. The van der Waals surface area contributed by atoms with Gasteiger partial charge in [-0.2, -0.15) is 5.10 Å². The topological polar surface area (TPSA) is 67.2 Å². The second-order valence-corrected chi connectivity index (χ2v) is 6.02. The predicted molar refractivity (Wildman–Crippen MR) is 86.1 cm³/mol. The normalized spacial score (nSPS) is 13.6. The van der Waals surface area contributed by atoms with Crippen molar-refractivity contribution in [2.24, 2.45) is 0 Å². The van der Waals surface area contributed by atoms with Crippen molar-refractivity contribution in [1.82, 2.24) is 15.1 Å². The zero-order valence-corrected chi connectivity index (χ0v) is 13.9. The number of aryl methyl sites for hydroxylation is 1. The fourth-order valence-electron chi connectivity index (χ4n) is 2.39. The lowest BCUT2D eigenvalue weighted by molar-refractivity contribution is 0.0880. The Hall–Kier alpha value is -2.28. The molecule has 130 valence electrons. The van der Waals surface area contributed by atoms with Crippen molar-refractivity contribution < 1.29 is 18.7 Å². The predicted octanol–water partition coefficient (Wildman–Crippen LogP) is 2.74. The standard InChI is InChI=1S/C17H21F2N3O2/c1-4-17(3,7-8-23)20-16(24)14-9-11(2)22(21-14)15-6-5-12(18)10-13(15)19/h5-6,9-10,23H,4,7-8H2,1-3H3,(H,20,24). The molecule has 2 rings (SSSR count). The minimum atomic E-state index is -0.758. The summed E-state index contributed by atoms with van der Waals surface area (Å²) in [6.07, 6.45) is 1.06. The molecule has 1 aromatic heterocycles. The van der Waals surface area contributed by atoms with Gasteiger partial charge in [0, 0.05) is 23.9 Å². The summed E-state index contributed by atoms with van der Waals surface area (Å²) in [6.45, 7) is 5.39. The van der Waals surface area contributed by atoms with E-state index in [9.17, 15) is 13.6 Å². The van der Waals surface area contributed by atoms with E-state index in [1.807, 2.05) is 13.8 Å². The van der Waals surface area contributed by atoms with Gasteiger partial charge in [-0.15, -0.1) is 0 Å². The Morgan fingerprint density at radius 3 is 2.67 bits per heavy atom. The first-order chi connectivity index (χ1) is 11.3. The molecule has 0 aliphatic carbocycles. The summed E-state index contributed by atoms with van der Waals surface area (Å²) in [5, 5.41) is 16.1. The zero-order valence-electron chi connectivity index (χ0n) is 13.9. The number of halogens is 2. The van der Waals surface area contributed by atoms with Gasteiger partial charge in [0.25, 0.3) is 5.91 Å². The molecule has 0 radical (unpaired) electrons. The number of carbonyl (C=O) groups excluding carboxylic acids is 1. The summed E-state index contributed by atoms with van der Waals surface area (Å²) in [7, 11) is 0. The minimum absolute atomic E-state index is 0.0428. The summed E-state index contributed by atoms with van der Waals surface area (Å²) in [6, 6.07) is 4.71. The van der Waals surface area contributed by atoms with Crippen LogP contribution in [0.4, 0.5) is 8.78 Å². The van der Waals surface area contributed by atoms with Gasteiger partial charge >= 0.3 is 0 Å². The Balaban J connectivity index is 2.29. The van der Waals surface area contributed by atoms with Crippen molar-refractivity contribution in [1.29, 1.82) is 0 Å². The smallest absolute Gasteiger partial charge is 0.272 e. The quantitative estimate of drug-likeness (QED) is 0.852. The number of carbonyl (C=O) groups is 1. The van der Waals surface area contributed by atoms with E-state index < -0.39 is 23.1 Å². The van der Waals surface area contributed by atoms with E-state index in [0.717, 1.165) is 12.1 Å². The number of aliphatic hydroxyl groups is 1. The molecule has 1 unspecified atom stereocenters. The number of rotatable bonds is 6. The van der Waals surface area contributed by atoms with E-state index in [-0.39, 0.29) is 18.0 Å². The van der Waals surface area contributed by atoms with Crippen LogP contribution in [0.15, 0.2) is 24.3 Å². The van der Waals surface area contributed by atoms with Gasteiger partial charge in [0.2, 0.25) is 0 Å². The van der Waals surface area contributed by atoms with Gasteiger partial charge in [0.05, 0.1) is 0 Å². The third-order valence-electron chi connectivity index (χ3n) is 4.12. The number of benzene rings is 1. The molecular weight excluding hydrogens is 316 g/mol. The van der Waals surface area contributed by atoms with Crippen molar-refractivity contribution in [3.05, 3.63) is 47.3 Å². The van der Waals surface area contributed by atoms with Gasteiger partial charge in [-0.1, -0.05) is 6.92 Å². The zero-order chi connectivity index (χ0) is 17.9. The number of aliphatic hydroxyl groups excluding tert-OH is 1. The van der Waals surface area contributed by atoms with Gasteiger partial charge in [0.15, 0.2) is 11.5 Å². The fourth-order valence-corrected chi connectivity index (χ4v) is 2.39. The van der Waals surface area contributed by atoms with Crippen LogP contribution in [0.3, 0.4) is 0 Å². The Morgan fingerprint density at radius 2 is 2.08 bits per heavy atom. The molecule has 24 heavy (non-hydrogen) atoms. The first-order valence-electron chi connectivity index (χ1n) is 7.75. The van der Waals surface area contributed by atoms with Crippen LogP contribution in [0.5, 0.6) is 0 Å². The maximum absolute atomic E-state index is 13.9. The van der Waals surface area contributed by atoms with E-state index in [1.54, 1.807) is 6.92 Å². The van der Waals surface area contributed by atoms with Crippen molar-refractivity contribution in [3.8, 4) is 5.69 Å². The van der Waals surface area contributed by atoms with Gasteiger partial charge in [-0.3, -0.25) is 4.79 Å². The monoisotopic (exact) mass is 337 g/mol. The highest BCUT2D eigenvalue weighted by atomic mass is 19.1. The van der Waals surface area contributed by atoms with Crippen LogP contribution >= 0.6 is 0 Å². The van der Waals surface area contributed by atoms with Crippen LogP contribution in [-0.2, 0) is 0 Å². The van der Waals surface area contributed by atoms with Crippen LogP contribution in [0.1, 0.15) is 42.9 Å². The molecule has 0 fully saturated rings.